The Labute approximate surface area is 201 Å². The molecule has 3 aromatic rings. The summed E-state index contributed by atoms with van der Waals surface area (Å²) in [7, 11) is 0. The molecule has 0 aliphatic carbocycles. The molecule has 3 N–H and O–H groups in total. The van der Waals surface area contributed by atoms with E-state index < -0.39 is 6.10 Å². The minimum absolute atomic E-state index is 0.440. The van der Waals surface area contributed by atoms with Crippen molar-refractivity contribution in [1.82, 2.24) is 29.8 Å². The summed E-state index contributed by atoms with van der Waals surface area (Å²) in [6, 6.07) is 12.7. The largest absolute Gasteiger partial charge is 0.390 e. The number of rotatable bonds is 8. The first kappa shape index (κ1) is 22.7. The average molecular weight is 459 g/mol. The lowest BCUT2D eigenvalue weighted by Gasteiger charge is -2.31. The zero-order valence-electron chi connectivity index (χ0n) is 19.7. The van der Waals surface area contributed by atoms with Crippen LogP contribution in [0.25, 0.3) is 17.0 Å². The zero-order valence-corrected chi connectivity index (χ0v) is 19.7. The number of aliphatic hydroxyl groups excluding tert-OH is 1. The molecule has 7 nitrogen and oxygen atoms in total. The molecule has 2 aliphatic rings. The Morgan fingerprint density at radius 3 is 2.68 bits per heavy atom. The third kappa shape index (κ3) is 5.01. The molecule has 7 heteroatoms. The van der Waals surface area contributed by atoms with E-state index in [0.29, 0.717) is 18.8 Å². The first-order valence-electron chi connectivity index (χ1n) is 12.1. The summed E-state index contributed by atoms with van der Waals surface area (Å²) in [5.41, 5.74) is 7.28. The topological polar surface area (TPSA) is 68.1 Å². The molecule has 0 saturated carbocycles. The van der Waals surface area contributed by atoms with Crippen LogP contribution in [0.5, 0.6) is 0 Å². The van der Waals surface area contributed by atoms with Crippen LogP contribution in [-0.4, -0.2) is 76.2 Å². The van der Waals surface area contributed by atoms with Crippen molar-refractivity contribution >= 4 is 17.0 Å². The van der Waals surface area contributed by atoms with E-state index in [1.807, 2.05) is 16.7 Å². The number of imidazole rings is 1. The molecular formula is C27H34N6O. The molecule has 1 fully saturated rings. The van der Waals surface area contributed by atoms with Crippen molar-refractivity contribution < 1.29 is 5.11 Å². The molecule has 2 aliphatic heterocycles. The highest BCUT2D eigenvalue weighted by Crippen LogP contribution is 2.21. The molecule has 2 aromatic heterocycles. The van der Waals surface area contributed by atoms with Crippen molar-refractivity contribution in [2.75, 3.05) is 45.8 Å². The standard InChI is InChI=1S/C27H34N6O/c1-20(29-15-25(34)18-31-12-9-22-5-3-4-6-24(22)16-31)26-19-33-17-23(7-8-27(33)30-26)21(2)32-13-10-28-11-14-32/h3-8,17,19,25,28-29,34H,1-2,9-16,18H2. The number of fused-ring (bicyclic) bond motifs is 2. The summed E-state index contributed by atoms with van der Waals surface area (Å²) in [5.74, 6) is 0. The molecule has 5 rings (SSSR count). The van der Waals surface area contributed by atoms with Crippen LogP contribution in [-0.2, 0) is 13.0 Å². The van der Waals surface area contributed by atoms with Crippen molar-refractivity contribution in [2.45, 2.75) is 19.1 Å². The Hall–Kier alpha value is -3.13. The molecule has 4 heterocycles. The number of aliphatic hydroxyl groups is 1. The quantitative estimate of drug-likeness (QED) is 0.481. The van der Waals surface area contributed by atoms with Crippen LogP contribution < -0.4 is 10.6 Å². The molecule has 1 aromatic carbocycles. The molecule has 0 amide bonds. The summed E-state index contributed by atoms with van der Waals surface area (Å²) in [6.45, 7) is 15.3. The fourth-order valence-electron chi connectivity index (χ4n) is 4.83. The van der Waals surface area contributed by atoms with E-state index in [-0.39, 0.29) is 0 Å². The minimum Gasteiger partial charge on any atom is -0.390 e. The number of benzene rings is 1. The Bertz CT molecular complexity index is 1180. The van der Waals surface area contributed by atoms with E-state index >= 15 is 0 Å². The second-order valence-corrected chi connectivity index (χ2v) is 9.26. The van der Waals surface area contributed by atoms with Gasteiger partial charge in [0.1, 0.15) is 11.3 Å². The van der Waals surface area contributed by atoms with Gasteiger partial charge < -0.3 is 25.0 Å². The van der Waals surface area contributed by atoms with Crippen molar-refractivity contribution in [1.29, 1.82) is 0 Å². The van der Waals surface area contributed by atoms with Gasteiger partial charge in [-0.25, -0.2) is 4.98 Å². The summed E-state index contributed by atoms with van der Waals surface area (Å²) >= 11 is 0. The number of β-amino-alcohol motifs (C(OH)–C–C–N with tert-alkyl or cyclic N) is 1. The predicted octanol–water partition coefficient (Wildman–Crippen LogP) is 2.19. The maximum atomic E-state index is 10.6. The fraction of sp³-hybridized carbons (Fsp3) is 0.370. The Balaban J connectivity index is 1.16. The number of nitrogens with zero attached hydrogens (tertiary/aromatic N) is 4. The van der Waals surface area contributed by atoms with Gasteiger partial charge in [0.05, 0.1) is 11.8 Å². The van der Waals surface area contributed by atoms with E-state index in [2.05, 4.69) is 70.1 Å². The zero-order chi connectivity index (χ0) is 23.5. The minimum atomic E-state index is -0.479. The first-order valence-corrected chi connectivity index (χ1v) is 12.1. The van der Waals surface area contributed by atoms with E-state index in [9.17, 15) is 5.11 Å². The maximum absolute atomic E-state index is 10.6. The molecule has 178 valence electrons. The van der Waals surface area contributed by atoms with E-state index in [1.54, 1.807) is 0 Å². The normalized spacial score (nSPS) is 17.4. The van der Waals surface area contributed by atoms with E-state index in [0.717, 1.165) is 68.3 Å². The average Bonchev–Trinajstić information content (AvgIpc) is 3.31. The van der Waals surface area contributed by atoms with Gasteiger partial charge in [-0.15, -0.1) is 0 Å². The van der Waals surface area contributed by atoms with Crippen LogP contribution in [0.1, 0.15) is 22.4 Å². The summed E-state index contributed by atoms with van der Waals surface area (Å²) in [4.78, 5) is 9.33. The molecular weight excluding hydrogens is 424 g/mol. The molecule has 1 saturated heterocycles. The summed E-state index contributed by atoms with van der Waals surface area (Å²) in [6.07, 6.45) is 4.61. The van der Waals surface area contributed by atoms with Gasteiger partial charge in [-0.3, -0.25) is 4.90 Å². The van der Waals surface area contributed by atoms with Gasteiger partial charge in [0.2, 0.25) is 0 Å². The van der Waals surface area contributed by atoms with Crippen molar-refractivity contribution in [3.05, 3.63) is 84.3 Å². The van der Waals surface area contributed by atoms with Crippen LogP contribution in [0.15, 0.2) is 61.9 Å². The van der Waals surface area contributed by atoms with Crippen molar-refractivity contribution in [3.63, 3.8) is 0 Å². The Morgan fingerprint density at radius 1 is 1.06 bits per heavy atom. The number of hydrogen-bond donors (Lipinski definition) is 3. The van der Waals surface area contributed by atoms with Gasteiger partial charge in [-0.1, -0.05) is 37.4 Å². The fourth-order valence-corrected chi connectivity index (χ4v) is 4.83. The smallest absolute Gasteiger partial charge is 0.137 e. The highest BCUT2D eigenvalue weighted by molar-refractivity contribution is 5.65. The van der Waals surface area contributed by atoms with Crippen LogP contribution in [0.2, 0.25) is 0 Å². The maximum Gasteiger partial charge on any atom is 0.137 e. The summed E-state index contributed by atoms with van der Waals surface area (Å²) < 4.78 is 2.02. The van der Waals surface area contributed by atoms with Gasteiger partial charge >= 0.3 is 0 Å². The van der Waals surface area contributed by atoms with Gasteiger partial charge in [0.15, 0.2) is 0 Å². The summed E-state index contributed by atoms with van der Waals surface area (Å²) in [5, 5.41) is 17.3. The van der Waals surface area contributed by atoms with Crippen molar-refractivity contribution in [3.8, 4) is 0 Å². The van der Waals surface area contributed by atoms with Crippen molar-refractivity contribution in [2.24, 2.45) is 0 Å². The van der Waals surface area contributed by atoms with E-state index in [4.69, 9.17) is 4.98 Å². The first-order chi connectivity index (χ1) is 16.6. The molecule has 0 radical (unpaired) electrons. The molecule has 1 atom stereocenters. The highest BCUT2D eigenvalue weighted by atomic mass is 16.3. The molecule has 0 bridgehead atoms. The van der Waals surface area contributed by atoms with Crippen LogP contribution in [0, 0.1) is 0 Å². The lowest BCUT2D eigenvalue weighted by atomic mass is 10.00. The molecule has 1 unspecified atom stereocenters. The van der Waals surface area contributed by atoms with Crippen LogP contribution in [0.3, 0.4) is 0 Å². The molecule has 34 heavy (non-hydrogen) atoms. The lowest BCUT2D eigenvalue weighted by molar-refractivity contribution is 0.107. The Kier molecular flexibility index (Phi) is 6.67. The predicted molar refractivity (Wildman–Crippen MR) is 137 cm³/mol. The van der Waals surface area contributed by atoms with Gasteiger partial charge in [0, 0.05) is 76.0 Å². The van der Waals surface area contributed by atoms with E-state index in [1.165, 1.54) is 11.1 Å². The number of nitrogens with one attached hydrogen (secondary N) is 2. The second kappa shape index (κ2) is 10.0. The lowest BCUT2D eigenvalue weighted by Crippen LogP contribution is -2.42. The van der Waals surface area contributed by atoms with Crippen LogP contribution in [0.4, 0.5) is 0 Å². The number of aromatic nitrogens is 2. The SMILES string of the molecule is C=C(NCC(O)CN1CCc2ccccc2C1)c1cn2cc(C(=C)N3CCNCC3)ccc2n1. The second-order valence-electron chi connectivity index (χ2n) is 9.26. The van der Waals surface area contributed by atoms with Crippen LogP contribution >= 0.6 is 0 Å². The number of pyridine rings is 1. The Morgan fingerprint density at radius 2 is 1.85 bits per heavy atom. The third-order valence-electron chi connectivity index (χ3n) is 6.82. The van der Waals surface area contributed by atoms with Gasteiger partial charge in [0.25, 0.3) is 0 Å². The van der Waals surface area contributed by atoms with Gasteiger partial charge in [-0.05, 0) is 29.7 Å². The number of piperazine rings is 1. The molecule has 0 spiro atoms. The highest BCUT2D eigenvalue weighted by Gasteiger charge is 2.19. The number of hydrogen-bond acceptors (Lipinski definition) is 6. The van der Waals surface area contributed by atoms with Gasteiger partial charge in [-0.2, -0.15) is 0 Å². The third-order valence-corrected chi connectivity index (χ3v) is 6.82. The monoisotopic (exact) mass is 458 g/mol.